The van der Waals surface area contributed by atoms with Crippen molar-refractivity contribution in [1.82, 2.24) is 0 Å². The van der Waals surface area contributed by atoms with Gasteiger partial charge in [0.1, 0.15) is 11.4 Å². The molecule has 1 aromatic carbocycles. The van der Waals surface area contributed by atoms with Gasteiger partial charge in [-0.25, -0.2) is 0 Å². The van der Waals surface area contributed by atoms with Crippen molar-refractivity contribution in [3.63, 3.8) is 0 Å². The Labute approximate surface area is 250 Å². The van der Waals surface area contributed by atoms with Crippen molar-refractivity contribution >= 4 is 17.1 Å². The van der Waals surface area contributed by atoms with E-state index in [2.05, 4.69) is 42.8 Å². The number of phenolic OH excluding ortho intramolecular Hbond substituents is 1. The van der Waals surface area contributed by atoms with Crippen LogP contribution in [-0.4, -0.2) is 24.7 Å². The van der Waals surface area contributed by atoms with Crippen LogP contribution in [0.2, 0.25) is 0 Å². The van der Waals surface area contributed by atoms with Gasteiger partial charge in [0.05, 0.1) is 11.4 Å². The highest BCUT2D eigenvalue weighted by molar-refractivity contribution is 5.86. The summed E-state index contributed by atoms with van der Waals surface area (Å²) in [5.74, 6) is 0.357. The summed E-state index contributed by atoms with van der Waals surface area (Å²) in [6.07, 6.45) is 31.9. The first-order valence-electron chi connectivity index (χ1n) is 17.8. The molecule has 0 aromatic heterocycles. The lowest BCUT2D eigenvalue weighted by Gasteiger charge is -2.20. The van der Waals surface area contributed by atoms with Crippen LogP contribution in [0.15, 0.2) is 12.1 Å². The standard InChI is InChI=1S/C36H69N3O/c1-4-7-10-13-16-19-22-25-30-37-33-28-29-34(40)36(39-32-27-24-21-18-15-12-9-6-3)35(33)38-31-26-23-20-17-14-11-8-5-2/h28-29,37-40H,4-27,30-32H2,1-3H3. The third kappa shape index (κ3) is 19.5. The van der Waals surface area contributed by atoms with Crippen LogP contribution in [0.1, 0.15) is 175 Å². The Balaban J connectivity index is 2.53. The molecule has 0 unspecified atom stereocenters. The van der Waals surface area contributed by atoms with Crippen LogP contribution in [0.3, 0.4) is 0 Å². The van der Waals surface area contributed by atoms with Gasteiger partial charge in [0.25, 0.3) is 0 Å². The van der Waals surface area contributed by atoms with E-state index in [1.54, 1.807) is 0 Å². The fraction of sp³-hybridized carbons (Fsp3) is 0.833. The van der Waals surface area contributed by atoms with Crippen LogP contribution >= 0.6 is 0 Å². The van der Waals surface area contributed by atoms with Crippen LogP contribution in [0, 0.1) is 0 Å². The van der Waals surface area contributed by atoms with E-state index >= 15 is 0 Å². The molecule has 0 aliphatic carbocycles. The molecule has 234 valence electrons. The van der Waals surface area contributed by atoms with Gasteiger partial charge in [0.2, 0.25) is 0 Å². The molecule has 0 radical (unpaired) electrons. The van der Waals surface area contributed by atoms with Gasteiger partial charge in [0.15, 0.2) is 0 Å². The number of unbranched alkanes of at least 4 members (excludes halogenated alkanes) is 21. The largest absolute Gasteiger partial charge is 0.506 e. The smallest absolute Gasteiger partial charge is 0.140 e. The minimum Gasteiger partial charge on any atom is -0.506 e. The number of aromatic hydroxyl groups is 1. The SMILES string of the molecule is CCCCCCCCCCNc1ccc(O)c(NCCCCCCCCCC)c1NCCCCCCCCCC. The summed E-state index contributed by atoms with van der Waals surface area (Å²) in [5.41, 5.74) is 3.06. The zero-order valence-corrected chi connectivity index (χ0v) is 27.2. The highest BCUT2D eigenvalue weighted by Crippen LogP contribution is 2.38. The van der Waals surface area contributed by atoms with Crippen LogP contribution in [0.25, 0.3) is 0 Å². The van der Waals surface area contributed by atoms with E-state index in [-0.39, 0.29) is 0 Å². The molecule has 4 N–H and O–H groups in total. The molecular weight excluding hydrogens is 490 g/mol. The Hall–Kier alpha value is -1.58. The molecule has 0 fully saturated rings. The molecule has 0 atom stereocenters. The quantitative estimate of drug-likeness (QED) is 0.0430. The molecule has 0 saturated heterocycles. The molecule has 0 aliphatic rings. The van der Waals surface area contributed by atoms with Gasteiger partial charge >= 0.3 is 0 Å². The summed E-state index contributed by atoms with van der Waals surface area (Å²) in [7, 11) is 0. The Kier molecular flexibility index (Phi) is 25.1. The molecule has 0 heterocycles. The summed E-state index contributed by atoms with van der Waals surface area (Å²) in [6, 6.07) is 3.91. The molecule has 0 saturated carbocycles. The Morgan fingerprint density at radius 3 is 1.12 bits per heavy atom. The fourth-order valence-corrected chi connectivity index (χ4v) is 5.53. The number of rotatable bonds is 30. The second kappa shape index (κ2) is 27.6. The minimum absolute atomic E-state index is 0.357. The number of nitrogens with one attached hydrogen (secondary N) is 3. The minimum atomic E-state index is 0.357. The average Bonchev–Trinajstić information content (AvgIpc) is 2.96. The van der Waals surface area contributed by atoms with Gasteiger partial charge in [-0.05, 0) is 31.4 Å². The molecule has 0 aliphatic heterocycles. The monoisotopic (exact) mass is 560 g/mol. The number of hydrogen-bond acceptors (Lipinski definition) is 4. The molecule has 0 spiro atoms. The maximum absolute atomic E-state index is 10.8. The molecule has 4 nitrogen and oxygen atoms in total. The van der Waals surface area contributed by atoms with Gasteiger partial charge in [-0.3, -0.25) is 0 Å². The van der Waals surface area contributed by atoms with Crippen LogP contribution in [-0.2, 0) is 0 Å². The second-order valence-electron chi connectivity index (χ2n) is 12.1. The van der Waals surface area contributed by atoms with Crippen LogP contribution in [0.4, 0.5) is 17.1 Å². The van der Waals surface area contributed by atoms with Crippen LogP contribution in [0.5, 0.6) is 5.75 Å². The van der Waals surface area contributed by atoms with E-state index in [4.69, 9.17) is 0 Å². The Bertz CT molecular complexity index is 678. The van der Waals surface area contributed by atoms with E-state index in [1.165, 1.54) is 148 Å². The molecule has 0 amide bonds. The van der Waals surface area contributed by atoms with Gasteiger partial charge in [-0.2, -0.15) is 0 Å². The predicted octanol–water partition coefficient (Wildman–Crippen LogP) is 12.0. The van der Waals surface area contributed by atoms with Gasteiger partial charge in [-0.15, -0.1) is 0 Å². The van der Waals surface area contributed by atoms with Crippen molar-refractivity contribution in [2.24, 2.45) is 0 Å². The first kappa shape index (κ1) is 36.4. The number of anilines is 3. The summed E-state index contributed by atoms with van der Waals surface area (Å²) < 4.78 is 0. The molecule has 40 heavy (non-hydrogen) atoms. The molecule has 1 aromatic rings. The first-order valence-corrected chi connectivity index (χ1v) is 17.8. The predicted molar refractivity (Wildman–Crippen MR) is 181 cm³/mol. The van der Waals surface area contributed by atoms with E-state index in [0.717, 1.165) is 43.1 Å². The summed E-state index contributed by atoms with van der Waals surface area (Å²) in [4.78, 5) is 0. The topological polar surface area (TPSA) is 56.3 Å². The molecular formula is C36H69N3O. The van der Waals surface area contributed by atoms with Crippen molar-refractivity contribution < 1.29 is 5.11 Å². The third-order valence-electron chi connectivity index (χ3n) is 8.19. The number of benzene rings is 1. The molecule has 0 bridgehead atoms. The summed E-state index contributed by atoms with van der Waals surface area (Å²) >= 11 is 0. The van der Waals surface area contributed by atoms with E-state index < -0.39 is 0 Å². The van der Waals surface area contributed by atoms with Crippen molar-refractivity contribution in [3.8, 4) is 5.75 Å². The zero-order chi connectivity index (χ0) is 28.9. The third-order valence-corrected chi connectivity index (χ3v) is 8.19. The molecule has 4 heteroatoms. The van der Waals surface area contributed by atoms with E-state index in [1.807, 2.05) is 6.07 Å². The van der Waals surface area contributed by atoms with Gasteiger partial charge in [-0.1, -0.05) is 156 Å². The molecule has 1 rings (SSSR count). The highest BCUT2D eigenvalue weighted by Gasteiger charge is 2.13. The summed E-state index contributed by atoms with van der Waals surface area (Å²) in [6.45, 7) is 9.70. The van der Waals surface area contributed by atoms with Crippen molar-refractivity contribution in [3.05, 3.63) is 12.1 Å². The van der Waals surface area contributed by atoms with Crippen molar-refractivity contribution in [2.75, 3.05) is 35.6 Å². The van der Waals surface area contributed by atoms with E-state index in [0.29, 0.717) is 5.75 Å². The fourth-order valence-electron chi connectivity index (χ4n) is 5.53. The number of hydrogen-bond donors (Lipinski definition) is 4. The normalized spacial score (nSPS) is 11.2. The Morgan fingerprint density at radius 2 is 0.725 bits per heavy atom. The lowest BCUT2D eigenvalue weighted by Crippen LogP contribution is -2.12. The van der Waals surface area contributed by atoms with E-state index in [9.17, 15) is 5.11 Å². The van der Waals surface area contributed by atoms with Gasteiger partial charge in [0, 0.05) is 19.6 Å². The van der Waals surface area contributed by atoms with Crippen molar-refractivity contribution in [2.45, 2.75) is 175 Å². The number of phenols is 1. The first-order chi connectivity index (χ1) is 19.7. The zero-order valence-electron chi connectivity index (χ0n) is 27.2. The van der Waals surface area contributed by atoms with Crippen molar-refractivity contribution in [1.29, 1.82) is 0 Å². The van der Waals surface area contributed by atoms with Gasteiger partial charge < -0.3 is 21.1 Å². The lowest BCUT2D eigenvalue weighted by molar-refractivity contribution is 0.477. The maximum atomic E-state index is 10.8. The summed E-state index contributed by atoms with van der Waals surface area (Å²) in [5, 5.41) is 21.8. The second-order valence-corrected chi connectivity index (χ2v) is 12.1. The maximum Gasteiger partial charge on any atom is 0.140 e. The Morgan fingerprint density at radius 1 is 0.400 bits per heavy atom. The van der Waals surface area contributed by atoms with Crippen LogP contribution < -0.4 is 16.0 Å². The average molecular weight is 560 g/mol. The lowest BCUT2D eigenvalue weighted by atomic mass is 10.1. The highest BCUT2D eigenvalue weighted by atomic mass is 16.3.